The number of nitrogens with zero attached hydrogens (tertiary/aromatic N) is 3. The first-order chi connectivity index (χ1) is 14.0. The normalized spacial score (nSPS) is 12.3. The summed E-state index contributed by atoms with van der Waals surface area (Å²) < 4.78 is 15.9. The number of hydrogen-bond donors (Lipinski definition) is 2. The van der Waals surface area contributed by atoms with Crippen molar-refractivity contribution in [2.24, 2.45) is 0 Å². The molecule has 0 aliphatic heterocycles. The Hall–Kier alpha value is -1.55. The van der Waals surface area contributed by atoms with Gasteiger partial charge < -0.3 is 25.1 Å². The van der Waals surface area contributed by atoms with Gasteiger partial charge in [-0.2, -0.15) is 0 Å². The molecular weight excluding hydrogens is 419 g/mol. The molecule has 0 amide bonds. The van der Waals surface area contributed by atoms with E-state index in [-0.39, 0.29) is 12.4 Å². The number of nitrogens with two attached hydrogens (primary N) is 1. The summed E-state index contributed by atoms with van der Waals surface area (Å²) in [6.07, 6.45) is 0.185. The molecule has 0 aliphatic rings. The Morgan fingerprint density at radius 3 is 2.52 bits per heavy atom. The third-order valence-electron chi connectivity index (χ3n) is 3.92. The minimum atomic E-state index is -0.648. The lowest BCUT2D eigenvalue weighted by atomic mass is 10.1. The minimum Gasteiger partial charge on any atom is -0.391 e. The van der Waals surface area contributed by atoms with E-state index in [4.69, 9.17) is 43.1 Å². The van der Waals surface area contributed by atoms with Crippen LogP contribution in [0.4, 0.5) is 5.82 Å². The Morgan fingerprint density at radius 2 is 1.79 bits per heavy atom. The molecule has 1 heterocycles. The van der Waals surface area contributed by atoms with Gasteiger partial charge in [-0.15, -0.1) is 10.2 Å². The van der Waals surface area contributed by atoms with Crippen molar-refractivity contribution in [3.05, 3.63) is 34.1 Å². The summed E-state index contributed by atoms with van der Waals surface area (Å²) in [7, 11) is 0. The molecule has 0 radical (unpaired) electrons. The van der Waals surface area contributed by atoms with E-state index in [1.807, 2.05) is 6.92 Å². The molecule has 3 N–H and O–H groups in total. The lowest BCUT2D eigenvalue weighted by molar-refractivity contribution is -0.0103. The second-order valence-corrected chi connectivity index (χ2v) is 6.93. The molecule has 2 aromatic rings. The van der Waals surface area contributed by atoms with E-state index in [0.29, 0.717) is 73.0 Å². The highest BCUT2D eigenvalue weighted by molar-refractivity contribution is 6.43. The highest BCUT2D eigenvalue weighted by Crippen LogP contribution is 2.34. The Morgan fingerprint density at radius 1 is 1.07 bits per heavy atom. The molecule has 1 atom stereocenters. The molecule has 0 fully saturated rings. The molecule has 29 heavy (non-hydrogen) atoms. The monoisotopic (exact) mass is 444 g/mol. The standard InChI is InChI=1S/C19H26Cl2N4O4/c1-2-27-8-9-28-10-11-29-12-13(26)6-7-16-23-19(22)18(25-24-16)14-4-3-5-15(20)17(14)21/h3-5,13,26H,2,6-12H2,1H3,(H2,22,23,24). The van der Waals surface area contributed by atoms with Crippen molar-refractivity contribution >= 4 is 29.0 Å². The number of hydrogen-bond acceptors (Lipinski definition) is 8. The van der Waals surface area contributed by atoms with Gasteiger partial charge in [0.1, 0.15) is 5.69 Å². The quantitative estimate of drug-likeness (QED) is 0.453. The summed E-state index contributed by atoms with van der Waals surface area (Å²) in [6, 6.07) is 5.17. The van der Waals surface area contributed by atoms with Crippen LogP contribution in [0.15, 0.2) is 18.2 Å². The number of aryl methyl sites for hydroxylation is 1. The third kappa shape index (κ3) is 8.00. The van der Waals surface area contributed by atoms with Crippen molar-refractivity contribution in [1.82, 2.24) is 15.2 Å². The molecule has 0 bridgehead atoms. The first-order valence-electron chi connectivity index (χ1n) is 9.37. The smallest absolute Gasteiger partial charge is 0.154 e. The second-order valence-electron chi connectivity index (χ2n) is 6.14. The maximum atomic E-state index is 10.0. The number of ether oxygens (including phenoxy) is 3. The SMILES string of the molecule is CCOCCOCCOCC(O)CCc1nnc(-c2cccc(Cl)c2Cl)c(N)n1. The van der Waals surface area contributed by atoms with E-state index < -0.39 is 6.10 Å². The Kier molecular flexibility index (Phi) is 10.5. The van der Waals surface area contributed by atoms with Gasteiger partial charge in [0.25, 0.3) is 0 Å². The number of aliphatic hydroxyl groups is 1. The summed E-state index contributed by atoms with van der Waals surface area (Å²) >= 11 is 12.2. The Labute approximate surface area is 180 Å². The summed E-state index contributed by atoms with van der Waals surface area (Å²) in [5.74, 6) is 0.636. The number of aliphatic hydroxyl groups excluding tert-OH is 1. The summed E-state index contributed by atoms with van der Waals surface area (Å²) in [5.41, 5.74) is 6.95. The van der Waals surface area contributed by atoms with Crippen LogP contribution in [0.5, 0.6) is 0 Å². The zero-order valence-electron chi connectivity index (χ0n) is 16.3. The highest BCUT2D eigenvalue weighted by Gasteiger charge is 2.14. The van der Waals surface area contributed by atoms with Gasteiger partial charge in [0, 0.05) is 18.6 Å². The van der Waals surface area contributed by atoms with Crippen LogP contribution in [0.25, 0.3) is 11.3 Å². The molecule has 1 aromatic heterocycles. The van der Waals surface area contributed by atoms with E-state index in [1.54, 1.807) is 18.2 Å². The number of benzene rings is 1. The molecule has 1 aromatic carbocycles. The van der Waals surface area contributed by atoms with Gasteiger partial charge in [0.05, 0.1) is 49.2 Å². The summed E-state index contributed by atoms with van der Waals surface area (Å²) in [6.45, 7) is 4.77. The fourth-order valence-corrected chi connectivity index (χ4v) is 2.83. The first kappa shape index (κ1) is 23.7. The lowest BCUT2D eigenvalue weighted by Gasteiger charge is -2.12. The zero-order chi connectivity index (χ0) is 21.1. The number of anilines is 1. The maximum Gasteiger partial charge on any atom is 0.154 e. The Bertz CT molecular complexity index is 767. The minimum absolute atomic E-state index is 0.202. The molecular formula is C19H26Cl2N4O4. The van der Waals surface area contributed by atoms with Crippen LogP contribution in [-0.4, -0.2) is 66.0 Å². The molecule has 0 saturated heterocycles. The van der Waals surface area contributed by atoms with Crippen molar-refractivity contribution < 1.29 is 19.3 Å². The molecule has 0 spiro atoms. The fourth-order valence-electron chi connectivity index (χ4n) is 2.44. The third-order valence-corrected chi connectivity index (χ3v) is 4.74. The van der Waals surface area contributed by atoms with Crippen LogP contribution in [0.1, 0.15) is 19.2 Å². The van der Waals surface area contributed by atoms with Crippen LogP contribution >= 0.6 is 23.2 Å². The average Bonchev–Trinajstić information content (AvgIpc) is 2.71. The molecule has 0 saturated carbocycles. The predicted octanol–water partition coefficient (Wildman–Crippen LogP) is 2.79. The van der Waals surface area contributed by atoms with E-state index in [1.165, 1.54) is 0 Å². The van der Waals surface area contributed by atoms with Crippen LogP contribution < -0.4 is 5.73 Å². The van der Waals surface area contributed by atoms with E-state index in [0.717, 1.165) is 0 Å². The fraction of sp³-hybridized carbons (Fsp3) is 0.526. The van der Waals surface area contributed by atoms with Crippen LogP contribution in [0.3, 0.4) is 0 Å². The lowest BCUT2D eigenvalue weighted by Crippen LogP contribution is -2.19. The molecule has 8 nitrogen and oxygen atoms in total. The molecule has 2 rings (SSSR count). The zero-order valence-corrected chi connectivity index (χ0v) is 17.8. The van der Waals surface area contributed by atoms with Gasteiger partial charge in [-0.3, -0.25) is 0 Å². The second kappa shape index (κ2) is 12.9. The number of aromatic nitrogens is 3. The van der Waals surface area contributed by atoms with Gasteiger partial charge in [-0.1, -0.05) is 35.3 Å². The van der Waals surface area contributed by atoms with Crippen molar-refractivity contribution in [1.29, 1.82) is 0 Å². The van der Waals surface area contributed by atoms with Crippen LogP contribution in [0, 0.1) is 0 Å². The van der Waals surface area contributed by atoms with Crippen molar-refractivity contribution in [3.63, 3.8) is 0 Å². The van der Waals surface area contributed by atoms with Gasteiger partial charge in [0.2, 0.25) is 0 Å². The van der Waals surface area contributed by atoms with Crippen LogP contribution in [0.2, 0.25) is 10.0 Å². The van der Waals surface area contributed by atoms with Gasteiger partial charge in [-0.05, 0) is 19.4 Å². The molecule has 0 aliphatic carbocycles. The number of rotatable bonds is 13. The van der Waals surface area contributed by atoms with Crippen molar-refractivity contribution in [2.45, 2.75) is 25.9 Å². The molecule has 10 heteroatoms. The summed E-state index contributed by atoms with van der Waals surface area (Å²) in [4.78, 5) is 4.26. The number of halogens is 2. The number of nitrogen functional groups attached to an aromatic ring is 1. The molecule has 160 valence electrons. The predicted molar refractivity (Wildman–Crippen MR) is 112 cm³/mol. The van der Waals surface area contributed by atoms with Crippen molar-refractivity contribution in [2.75, 3.05) is 45.4 Å². The van der Waals surface area contributed by atoms with Crippen LogP contribution in [-0.2, 0) is 20.6 Å². The van der Waals surface area contributed by atoms with Gasteiger partial charge >= 0.3 is 0 Å². The molecule has 1 unspecified atom stereocenters. The Balaban J connectivity index is 1.74. The highest BCUT2D eigenvalue weighted by atomic mass is 35.5. The van der Waals surface area contributed by atoms with Gasteiger partial charge in [-0.25, -0.2) is 4.98 Å². The average molecular weight is 445 g/mol. The van der Waals surface area contributed by atoms with E-state index in [2.05, 4.69) is 15.2 Å². The maximum absolute atomic E-state index is 10.0. The van der Waals surface area contributed by atoms with Gasteiger partial charge in [0.15, 0.2) is 11.6 Å². The first-order valence-corrected chi connectivity index (χ1v) is 10.1. The van der Waals surface area contributed by atoms with E-state index >= 15 is 0 Å². The van der Waals surface area contributed by atoms with E-state index in [9.17, 15) is 5.11 Å². The summed E-state index contributed by atoms with van der Waals surface area (Å²) in [5, 5.41) is 19.0. The largest absolute Gasteiger partial charge is 0.391 e. The topological polar surface area (TPSA) is 113 Å². The van der Waals surface area contributed by atoms with Crippen molar-refractivity contribution in [3.8, 4) is 11.3 Å².